The Balaban J connectivity index is 1.90. The van der Waals surface area contributed by atoms with Crippen molar-refractivity contribution in [2.24, 2.45) is 0 Å². The summed E-state index contributed by atoms with van der Waals surface area (Å²) in [6, 6.07) is 1.75. The molecule has 1 N–H and O–H groups in total. The van der Waals surface area contributed by atoms with E-state index in [0.29, 0.717) is 15.2 Å². The Kier molecular flexibility index (Phi) is 5.00. The molecule has 0 atom stereocenters. The average Bonchev–Trinajstić information content (AvgIpc) is 2.77. The lowest BCUT2D eigenvalue weighted by atomic mass is 9.97. The van der Waals surface area contributed by atoms with Crippen LogP contribution in [0.5, 0.6) is 0 Å². The molecule has 0 radical (unpaired) electrons. The van der Waals surface area contributed by atoms with Crippen molar-refractivity contribution in [3.63, 3.8) is 0 Å². The van der Waals surface area contributed by atoms with Crippen LogP contribution in [-0.2, 0) is 10.0 Å². The highest BCUT2D eigenvalue weighted by Gasteiger charge is 2.18. The minimum Gasteiger partial charge on any atom is -0.210 e. The van der Waals surface area contributed by atoms with E-state index in [-0.39, 0.29) is 0 Å². The van der Waals surface area contributed by atoms with Gasteiger partial charge in [0, 0.05) is 11.0 Å². The van der Waals surface area contributed by atoms with Crippen molar-refractivity contribution < 1.29 is 8.42 Å². The summed E-state index contributed by atoms with van der Waals surface area (Å²) < 4.78 is 27.7. The van der Waals surface area contributed by atoms with Crippen LogP contribution in [-0.4, -0.2) is 15.0 Å². The van der Waals surface area contributed by atoms with Crippen LogP contribution < -0.4 is 4.72 Å². The van der Waals surface area contributed by atoms with Crippen molar-refractivity contribution in [2.75, 3.05) is 6.54 Å². The Morgan fingerprint density at radius 2 is 2.22 bits per heavy atom. The van der Waals surface area contributed by atoms with Crippen LogP contribution in [0.4, 0.5) is 0 Å². The van der Waals surface area contributed by atoms with E-state index in [9.17, 15) is 8.42 Å². The van der Waals surface area contributed by atoms with Gasteiger partial charge in [-0.15, -0.1) is 11.3 Å². The maximum Gasteiger partial charge on any atom is 0.251 e. The Labute approximate surface area is 120 Å². The average molecular weight is 350 g/mol. The molecule has 18 heavy (non-hydrogen) atoms. The van der Waals surface area contributed by atoms with Crippen LogP contribution in [0, 0.1) is 0 Å². The maximum absolute atomic E-state index is 12.0. The summed E-state index contributed by atoms with van der Waals surface area (Å²) in [5.41, 5.74) is 1.38. The fourth-order valence-electron chi connectivity index (χ4n) is 2.01. The van der Waals surface area contributed by atoms with Gasteiger partial charge in [0.1, 0.15) is 4.21 Å². The van der Waals surface area contributed by atoms with Gasteiger partial charge in [-0.2, -0.15) is 0 Å². The summed E-state index contributed by atoms with van der Waals surface area (Å²) >= 11 is 4.48. The molecule has 0 amide bonds. The Morgan fingerprint density at radius 3 is 2.83 bits per heavy atom. The maximum atomic E-state index is 12.0. The van der Waals surface area contributed by atoms with Gasteiger partial charge in [0.05, 0.1) is 0 Å². The van der Waals surface area contributed by atoms with Crippen molar-refractivity contribution >= 4 is 37.3 Å². The normalized spacial score (nSPS) is 16.6. The molecule has 1 aliphatic rings. The first-order valence-corrected chi connectivity index (χ1v) is 9.16. The number of halogens is 1. The number of hydrogen-bond donors (Lipinski definition) is 1. The second-order valence-electron chi connectivity index (χ2n) is 4.31. The van der Waals surface area contributed by atoms with E-state index >= 15 is 0 Å². The Hall–Kier alpha value is -0.170. The first kappa shape index (κ1) is 14.2. The van der Waals surface area contributed by atoms with Crippen LogP contribution in [0.25, 0.3) is 0 Å². The SMILES string of the molecule is O=S(=O)(NCCC1=CCCCC1)c1sccc1Br. The summed E-state index contributed by atoms with van der Waals surface area (Å²) in [4.78, 5) is 0. The highest BCUT2D eigenvalue weighted by Crippen LogP contribution is 2.27. The van der Waals surface area contributed by atoms with Crippen LogP contribution >= 0.6 is 27.3 Å². The fraction of sp³-hybridized carbons (Fsp3) is 0.500. The molecule has 0 spiro atoms. The minimum absolute atomic E-state index is 0.361. The molecule has 1 aliphatic carbocycles. The first-order valence-electron chi connectivity index (χ1n) is 6.00. The van der Waals surface area contributed by atoms with Gasteiger partial charge < -0.3 is 0 Å². The second-order valence-corrected chi connectivity index (χ2v) is 8.04. The largest absolute Gasteiger partial charge is 0.251 e. The summed E-state index contributed by atoms with van der Waals surface area (Å²) in [5, 5.41) is 1.77. The summed E-state index contributed by atoms with van der Waals surface area (Å²) in [6.45, 7) is 0.485. The van der Waals surface area contributed by atoms with Gasteiger partial charge in [0.15, 0.2) is 0 Å². The molecule has 1 aromatic heterocycles. The lowest BCUT2D eigenvalue weighted by Crippen LogP contribution is -2.24. The van der Waals surface area contributed by atoms with Gasteiger partial charge in [-0.05, 0) is 59.5 Å². The number of rotatable bonds is 5. The molecule has 3 nitrogen and oxygen atoms in total. The van der Waals surface area contributed by atoms with Crippen molar-refractivity contribution in [1.29, 1.82) is 0 Å². The lowest BCUT2D eigenvalue weighted by Gasteiger charge is -2.12. The monoisotopic (exact) mass is 349 g/mol. The van der Waals surface area contributed by atoms with Crippen molar-refractivity contribution in [3.8, 4) is 0 Å². The third-order valence-corrected chi connectivity index (χ3v) is 7.08. The molecule has 100 valence electrons. The zero-order valence-electron chi connectivity index (χ0n) is 9.99. The smallest absolute Gasteiger partial charge is 0.210 e. The standard InChI is InChI=1S/C12H16BrNO2S2/c13-11-7-9-17-12(11)18(15,16)14-8-6-10-4-2-1-3-5-10/h4,7,9,14H,1-3,5-6,8H2. The van der Waals surface area contributed by atoms with Gasteiger partial charge in [-0.3, -0.25) is 0 Å². The Morgan fingerprint density at radius 1 is 1.39 bits per heavy atom. The third-order valence-electron chi connectivity index (χ3n) is 2.95. The zero-order chi connectivity index (χ0) is 13.0. The van der Waals surface area contributed by atoms with Crippen molar-refractivity contribution in [1.82, 2.24) is 4.72 Å². The summed E-state index contributed by atoms with van der Waals surface area (Å²) in [5.74, 6) is 0. The van der Waals surface area contributed by atoms with Gasteiger partial charge >= 0.3 is 0 Å². The molecule has 0 unspecified atom stereocenters. The van der Waals surface area contributed by atoms with Crippen molar-refractivity contribution in [3.05, 3.63) is 27.6 Å². The molecule has 0 aliphatic heterocycles. The van der Waals surface area contributed by atoms with E-state index < -0.39 is 10.0 Å². The van der Waals surface area contributed by atoms with Gasteiger partial charge in [-0.1, -0.05) is 11.6 Å². The molecule has 0 bridgehead atoms. The number of hydrogen-bond acceptors (Lipinski definition) is 3. The molecular formula is C12H16BrNO2S2. The predicted molar refractivity (Wildman–Crippen MR) is 78.4 cm³/mol. The summed E-state index contributed by atoms with van der Waals surface area (Å²) in [6.07, 6.45) is 7.82. The molecular weight excluding hydrogens is 334 g/mol. The van der Waals surface area contributed by atoms with Gasteiger partial charge in [0.25, 0.3) is 10.0 Å². The number of nitrogens with one attached hydrogen (secondary N) is 1. The van der Waals surface area contributed by atoms with Crippen LogP contribution in [0.3, 0.4) is 0 Å². The molecule has 0 saturated carbocycles. The van der Waals surface area contributed by atoms with E-state index in [1.165, 1.54) is 29.8 Å². The molecule has 1 aromatic rings. The number of sulfonamides is 1. The molecule has 2 rings (SSSR count). The molecule has 0 fully saturated rings. The second kappa shape index (κ2) is 6.32. The van der Waals surface area contributed by atoms with E-state index in [0.717, 1.165) is 19.3 Å². The van der Waals surface area contributed by atoms with Crippen LogP contribution in [0.15, 0.2) is 31.8 Å². The van der Waals surface area contributed by atoms with Crippen LogP contribution in [0.2, 0.25) is 0 Å². The first-order chi connectivity index (χ1) is 8.59. The quantitative estimate of drug-likeness (QED) is 0.824. The fourth-order valence-corrected chi connectivity index (χ4v) is 5.43. The lowest BCUT2D eigenvalue weighted by molar-refractivity contribution is 0.581. The van der Waals surface area contributed by atoms with E-state index in [2.05, 4.69) is 26.7 Å². The number of thiophene rings is 1. The zero-order valence-corrected chi connectivity index (χ0v) is 13.2. The van der Waals surface area contributed by atoms with E-state index in [4.69, 9.17) is 0 Å². The van der Waals surface area contributed by atoms with Crippen molar-refractivity contribution in [2.45, 2.75) is 36.3 Å². The van der Waals surface area contributed by atoms with E-state index in [1.54, 1.807) is 11.4 Å². The Bertz CT molecular complexity index is 534. The van der Waals surface area contributed by atoms with E-state index in [1.807, 2.05) is 0 Å². The van der Waals surface area contributed by atoms with Crippen LogP contribution in [0.1, 0.15) is 32.1 Å². The topological polar surface area (TPSA) is 46.2 Å². The minimum atomic E-state index is -3.35. The predicted octanol–water partition coefficient (Wildman–Crippen LogP) is 3.68. The van der Waals surface area contributed by atoms with Gasteiger partial charge in [0.2, 0.25) is 0 Å². The molecule has 0 aromatic carbocycles. The highest BCUT2D eigenvalue weighted by molar-refractivity contribution is 9.10. The number of allylic oxidation sites excluding steroid dienone is 1. The third kappa shape index (κ3) is 3.66. The molecule has 6 heteroatoms. The summed E-state index contributed by atoms with van der Waals surface area (Å²) in [7, 11) is -3.35. The molecule has 0 saturated heterocycles. The van der Waals surface area contributed by atoms with Gasteiger partial charge in [-0.25, -0.2) is 13.1 Å². The highest BCUT2D eigenvalue weighted by atomic mass is 79.9. The molecule has 1 heterocycles.